The van der Waals surface area contributed by atoms with Crippen LogP contribution in [0.25, 0.3) is 10.8 Å². The van der Waals surface area contributed by atoms with E-state index < -0.39 is 18.2 Å². The predicted molar refractivity (Wildman–Crippen MR) is 132 cm³/mol. The maximum atomic E-state index is 15.2. The van der Waals surface area contributed by atoms with Crippen molar-refractivity contribution >= 4 is 10.8 Å². The molecule has 4 rings (SSSR count). The number of alkyl halides is 2. The summed E-state index contributed by atoms with van der Waals surface area (Å²) in [5.74, 6) is -0.876. The largest absolute Gasteiger partial charge is 0.432 e. The predicted octanol–water partition coefficient (Wildman–Crippen LogP) is 7.42. The summed E-state index contributed by atoms with van der Waals surface area (Å²) in [6.07, 6.45) is 9.23. The van der Waals surface area contributed by atoms with Gasteiger partial charge in [-0.25, -0.2) is 18.7 Å². The summed E-state index contributed by atoms with van der Waals surface area (Å²) in [5, 5.41) is 1.34. The molecule has 4 aromatic rings. The molecule has 0 atom stereocenters. The molecule has 0 amide bonds. The van der Waals surface area contributed by atoms with E-state index >= 15 is 4.39 Å². The number of benzene rings is 3. The zero-order valence-electron chi connectivity index (χ0n) is 20.1. The first kappa shape index (κ1) is 25.6. The van der Waals surface area contributed by atoms with Gasteiger partial charge in [-0.05, 0) is 71.9 Å². The highest BCUT2D eigenvalue weighted by atomic mass is 19.3. The summed E-state index contributed by atoms with van der Waals surface area (Å²) >= 11 is 0. The number of halogens is 4. The van der Waals surface area contributed by atoms with Gasteiger partial charge in [0, 0.05) is 24.2 Å². The second-order valence-electron chi connectivity index (χ2n) is 8.85. The number of unbranched alkanes of at least 4 members (excludes halogenated alkanes) is 1. The third kappa shape index (κ3) is 6.59. The normalized spacial score (nSPS) is 11.4. The molecule has 3 nitrogen and oxygen atoms in total. The molecule has 0 aliphatic rings. The van der Waals surface area contributed by atoms with Gasteiger partial charge in [0.05, 0.1) is 0 Å². The van der Waals surface area contributed by atoms with E-state index in [0.29, 0.717) is 35.8 Å². The lowest BCUT2D eigenvalue weighted by Crippen LogP contribution is -2.04. The molecule has 0 unspecified atom stereocenters. The van der Waals surface area contributed by atoms with Crippen LogP contribution in [0.5, 0.6) is 5.75 Å². The smallest absolute Gasteiger partial charge is 0.387 e. The van der Waals surface area contributed by atoms with Crippen LogP contribution in [-0.4, -0.2) is 16.6 Å². The average Bonchev–Trinajstić information content (AvgIpc) is 2.87. The molecule has 0 aliphatic heterocycles. The number of nitrogens with zero attached hydrogens (tertiary/aromatic N) is 2. The molecule has 0 saturated carbocycles. The number of aromatic nitrogens is 2. The van der Waals surface area contributed by atoms with E-state index in [9.17, 15) is 13.2 Å². The summed E-state index contributed by atoms with van der Waals surface area (Å²) in [4.78, 5) is 8.94. The molecular formula is C29H28F4N2O. The van der Waals surface area contributed by atoms with Crippen molar-refractivity contribution in [2.45, 2.75) is 58.5 Å². The lowest BCUT2D eigenvalue weighted by Gasteiger charge is -2.10. The van der Waals surface area contributed by atoms with Gasteiger partial charge in [0.15, 0.2) is 11.6 Å². The van der Waals surface area contributed by atoms with Gasteiger partial charge in [0.25, 0.3) is 0 Å². The molecule has 36 heavy (non-hydrogen) atoms. The molecule has 0 spiro atoms. The van der Waals surface area contributed by atoms with Gasteiger partial charge in [-0.15, -0.1) is 0 Å². The fraction of sp³-hybridized carbons (Fsp3) is 0.310. The average molecular weight is 497 g/mol. The van der Waals surface area contributed by atoms with Crippen LogP contribution in [0.15, 0.2) is 60.9 Å². The molecule has 0 fully saturated rings. The van der Waals surface area contributed by atoms with Crippen molar-refractivity contribution < 1.29 is 22.3 Å². The Bertz CT molecular complexity index is 1310. The number of fused-ring (bicyclic) bond motifs is 1. The van der Waals surface area contributed by atoms with Crippen molar-refractivity contribution in [3.63, 3.8) is 0 Å². The molecule has 0 saturated heterocycles. The van der Waals surface area contributed by atoms with Crippen molar-refractivity contribution in [2.24, 2.45) is 0 Å². The van der Waals surface area contributed by atoms with E-state index in [4.69, 9.17) is 0 Å². The summed E-state index contributed by atoms with van der Waals surface area (Å²) in [6, 6.07) is 13.1. The lowest BCUT2D eigenvalue weighted by molar-refractivity contribution is -0.0522. The van der Waals surface area contributed by atoms with Crippen molar-refractivity contribution in [2.75, 3.05) is 0 Å². The highest BCUT2D eigenvalue weighted by Gasteiger charge is 2.12. The van der Waals surface area contributed by atoms with Gasteiger partial charge >= 0.3 is 6.61 Å². The molecule has 1 aromatic heterocycles. The third-order valence-electron chi connectivity index (χ3n) is 6.21. The minimum atomic E-state index is -3.09. The van der Waals surface area contributed by atoms with E-state index in [1.165, 1.54) is 12.1 Å². The molecule has 1 heterocycles. The summed E-state index contributed by atoms with van der Waals surface area (Å²) in [7, 11) is 0. The third-order valence-corrected chi connectivity index (χ3v) is 6.21. The maximum absolute atomic E-state index is 15.2. The molecule has 188 valence electrons. The van der Waals surface area contributed by atoms with Crippen LogP contribution in [0.3, 0.4) is 0 Å². The van der Waals surface area contributed by atoms with Gasteiger partial charge in [0.1, 0.15) is 11.6 Å². The van der Waals surface area contributed by atoms with Crippen LogP contribution in [0, 0.1) is 11.6 Å². The number of hydrogen-bond acceptors (Lipinski definition) is 3. The first-order chi connectivity index (χ1) is 17.4. The Morgan fingerprint density at radius 2 is 1.50 bits per heavy atom. The molecule has 0 bridgehead atoms. The monoisotopic (exact) mass is 496 g/mol. The minimum Gasteiger partial charge on any atom is -0.432 e. The Hall–Kier alpha value is -3.48. The van der Waals surface area contributed by atoms with Gasteiger partial charge in [0.2, 0.25) is 0 Å². The first-order valence-electron chi connectivity index (χ1n) is 12.2. The minimum absolute atomic E-state index is 0.303. The maximum Gasteiger partial charge on any atom is 0.387 e. The summed E-state index contributed by atoms with van der Waals surface area (Å²) < 4.78 is 57.8. The van der Waals surface area contributed by atoms with E-state index in [1.54, 1.807) is 12.1 Å². The van der Waals surface area contributed by atoms with Crippen LogP contribution in [0.4, 0.5) is 17.6 Å². The Labute approximate surface area is 208 Å². The zero-order valence-corrected chi connectivity index (χ0v) is 20.1. The van der Waals surface area contributed by atoms with E-state index in [2.05, 4.69) is 21.6 Å². The van der Waals surface area contributed by atoms with Gasteiger partial charge in [-0.2, -0.15) is 8.78 Å². The van der Waals surface area contributed by atoms with Crippen molar-refractivity contribution in [1.29, 1.82) is 0 Å². The molecule has 7 heteroatoms. The molecule has 0 radical (unpaired) electrons. The molecule has 0 N–H and O–H groups in total. The Balaban J connectivity index is 1.39. The topological polar surface area (TPSA) is 35.0 Å². The van der Waals surface area contributed by atoms with Crippen LogP contribution in [-0.2, 0) is 32.1 Å². The van der Waals surface area contributed by atoms with E-state index in [0.717, 1.165) is 54.1 Å². The number of rotatable bonds is 11. The molecule has 3 aromatic carbocycles. The molecule has 0 aliphatic carbocycles. The van der Waals surface area contributed by atoms with E-state index in [1.807, 2.05) is 30.6 Å². The first-order valence-corrected chi connectivity index (χ1v) is 12.2. The number of aryl methyl sites for hydroxylation is 5. The fourth-order valence-electron chi connectivity index (χ4n) is 4.18. The summed E-state index contributed by atoms with van der Waals surface area (Å²) in [6.45, 7) is -0.931. The van der Waals surface area contributed by atoms with Crippen LogP contribution < -0.4 is 4.74 Å². The van der Waals surface area contributed by atoms with Crippen molar-refractivity contribution in [3.8, 4) is 5.75 Å². The quantitative estimate of drug-likeness (QED) is 0.203. The van der Waals surface area contributed by atoms with E-state index in [-0.39, 0.29) is 5.82 Å². The van der Waals surface area contributed by atoms with Gasteiger partial charge < -0.3 is 4.74 Å². The van der Waals surface area contributed by atoms with Gasteiger partial charge in [-0.1, -0.05) is 49.7 Å². The highest BCUT2D eigenvalue weighted by molar-refractivity contribution is 5.84. The number of hydrogen-bond donors (Lipinski definition) is 0. The van der Waals surface area contributed by atoms with Crippen LogP contribution >= 0.6 is 0 Å². The highest BCUT2D eigenvalue weighted by Crippen LogP contribution is 2.25. The second kappa shape index (κ2) is 12.0. The number of ether oxygens (including phenoxy) is 1. The van der Waals surface area contributed by atoms with Crippen LogP contribution in [0.1, 0.15) is 47.8 Å². The zero-order chi connectivity index (χ0) is 25.5. The van der Waals surface area contributed by atoms with Gasteiger partial charge in [-0.3, -0.25) is 0 Å². The lowest BCUT2D eigenvalue weighted by atomic mass is 9.98. The Morgan fingerprint density at radius 3 is 2.22 bits per heavy atom. The Kier molecular flexibility index (Phi) is 8.52. The summed E-state index contributed by atoms with van der Waals surface area (Å²) in [5.41, 5.74) is 3.32. The van der Waals surface area contributed by atoms with Crippen molar-refractivity contribution in [1.82, 2.24) is 9.97 Å². The SMILES string of the molecule is CCCCc1cnc(CCc2ccc3c(F)c(CCc4ccc(OC(F)F)c(F)c4)ccc3c2)nc1. The fourth-order valence-corrected chi connectivity index (χ4v) is 4.18. The Morgan fingerprint density at radius 1 is 0.778 bits per heavy atom. The molecular weight excluding hydrogens is 468 g/mol. The second-order valence-corrected chi connectivity index (χ2v) is 8.85. The standard InChI is InChI=1S/C29H28F4N2O/c1-2-3-4-21-17-34-27(35-18-21)14-8-19-6-12-24-23(15-19)11-10-22(28(24)31)9-5-20-7-13-26(25(30)16-20)36-29(32)33/h6-7,10-13,15-18,29H,2-5,8-9,14H2,1H3. The van der Waals surface area contributed by atoms with Crippen LogP contribution in [0.2, 0.25) is 0 Å². The van der Waals surface area contributed by atoms with Crippen molar-refractivity contribution in [3.05, 3.63) is 101 Å².